The average molecular weight is 286 g/mol. The third-order valence-corrected chi connectivity index (χ3v) is 2.56. The maximum atomic E-state index is 12.0. The first-order valence-electron chi connectivity index (χ1n) is 6.43. The van der Waals surface area contributed by atoms with Gasteiger partial charge in [0.1, 0.15) is 5.75 Å². The topological polar surface area (TPSA) is 47.6 Å². The fraction of sp³-hybridized carbons (Fsp3) is 0.500. The number of nitrogens with one attached hydrogen (secondary N) is 1. The van der Waals surface area contributed by atoms with Gasteiger partial charge >= 0.3 is 0 Å². The van der Waals surface area contributed by atoms with Crippen LogP contribution in [0.3, 0.4) is 0 Å². The van der Waals surface area contributed by atoms with Gasteiger partial charge in [-0.05, 0) is 25.5 Å². The smallest absolute Gasteiger partial charge is 0.255 e. The number of para-hydroxylation sites is 1. The molecule has 0 aliphatic rings. The maximum absolute atomic E-state index is 12.0. The summed E-state index contributed by atoms with van der Waals surface area (Å²) in [6.07, 6.45) is 0.763. The average Bonchev–Trinajstić information content (AvgIpc) is 2.43. The Morgan fingerprint density at radius 3 is 2.84 bits per heavy atom. The van der Waals surface area contributed by atoms with Gasteiger partial charge in [0.05, 0.1) is 18.8 Å². The molecule has 19 heavy (non-hydrogen) atoms. The Kier molecular flexibility index (Phi) is 8.02. The molecule has 0 unspecified atom stereocenters. The van der Waals surface area contributed by atoms with E-state index in [0.717, 1.165) is 6.42 Å². The van der Waals surface area contributed by atoms with Crippen molar-refractivity contribution in [3.05, 3.63) is 29.8 Å². The van der Waals surface area contributed by atoms with E-state index in [1.54, 1.807) is 12.1 Å². The summed E-state index contributed by atoms with van der Waals surface area (Å²) in [6, 6.07) is 7.22. The molecule has 0 aromatic heterocycles. The van der Waals surface area contributed by atoms with Crippen molar-refractivity contribution in [3.8, 4) is 5.75 Å². The van der Waals surface area contributed by atoms with E-state index < -0.39 is 0 Å². The lowest BCUT2D eigenvalue weighted by Crippen LogP contribution is -2.25. The fourth-order valence-electron chi connectivity index (χ4n) is 1.56. The molecule has 0 radical (unpaired) electrons. The molecule has 1 rings (SSSR count). The van der Waals surface area contributed by atoms with Crippen molar-refractivity contribution in [3.63, 3.8) is 0 Å². The highest BCUT2D eigenvalue weighted by molar-refractivity contribution is 6.17. The van der Waals surface area contributed by atoms with E-state index in [1.165, 1.54) is 0 Å². The van der Waals surface area contributed by atoms with Crippen molar-refractivity contribution in [1.82, 2.24) is 5.32 Å². The molecule has 0 atom stereocenters. The van der Waals surface area contributed by atoms with Crippen molar-refractivity contribution in [2.24, 2.45) is 0 Å². The minimum Gasteiger partial charge on any atom is -0.493 e. The number of hydrogen-bond donors (Lipinski definition) is 1. The fourth-order valence-corrected chi connectivity index (χ4v) is 1.67. The highest BCUT2D eigenvalue weighted by Crippen LogP contribution is 2.17. The standard InChI is InChI=1S/C14H20ClNO3/c1-2-19-13-7-4-3-6-12(13)14(17)16-9-5-10-18-11-8-15/h3-4,6-7H,2,5,8-11H2,1H3,(H,16,17). The first kappa shape index (κ1) is 15.8. The van der Waals surface area contributed by atoms with Gasteiger partial charge in [-0.15, -0.1) is 11.6 Å². The predicted molar refractivity (Wildman–Crippen MR) is 76.1 cm³/mol. The summed E-state index contributed by atoms with van der Waals surface area (Å²) in [6.45, 7) is 4.14. The number of carbonyl (C=O) groups excluding carboxylic acids is 1. The highest BCUT2D eigenvalue weighted by Gasteiger charge is 2.10. The Labute approximate surface area is 119 Å². The number of carbonyl (C=O) groups is 1. The number of halogens is 1. The van der Waals surface area contributed by atoms with Crippen LogP contribution in [0.2, 0.25) is 0 Å². The van der Waals surface area contributed by atoms with Crippen LogP contribution in [-0.2, 0) is 4.74 Å². The number of amides is 1. The predicted octanol–water partition coefficient (Wildman–Crippen LogP) is 2.46. The molecule has 5 heteroatoms. The highest BCUT2D eigenvalue weighted by atomic mass is 35.5. The lowest BCUT2D eigenvalue weighted by Gasteiger charge is -2.10. The summed E-state index contributed by atoms with van der Waals surface area (Å²) >= 11 is 5.48. The van der Waals surface area contributed by atoms with Gasteiger partial charge in [0.15, 0.2) is 0 Å². The lowest BCUT2D eigenvalue weighted by molar-refractivity contribution is 0.0941. The summed E-state index contributed by atoms with van der Waals surface area (Å²) in [5.74, 6) is 0.982. The summed E-state index contributed by atoms with van der Waals surface area (Å²) in [5, 5.41) is 2.84. The Morgan fingerprint density at radius 2 is 2.11 bits per heavy atom. The zero-order valence-electron chi connectivity index (χ0n) is 11.2. The van der Waals surface area contributed by atoms with Crippen LogP contribution in [0.5, 0.6) is 5.75 Å². The normalized spacial score (nSPS) is 10.2. The number of ether oxygens (including phenoxy) is 2. The van der Waals surface area contributed by atoms with Crippen molar-refractivity contribution in [2.45, 2.75) is 13.3 Å². The van der Waals surface area contributed by atoms with E-state index in [9.17, 15) is 4.79 Å². The Morgan fingerprint density at radius 1 is 1.32 bits per heavy atom. The molecule has 0 aliphatic carbocycles. The Bertz CT molecular complexity index is 385. The number of alkyl halides is 1. The number of hydrogen-bond acceptors (Lipinski definition) is 3. The zero-order chi connectivity index (χ0) is 13.9. The molecule has 4 nitrogen and oxygen atoms in total. The molecule has 1 aromatic carbocycles. The SMILES string of the molecule is CCOc1ccccc1C(=O)NCCCOCCCl. The minimum atomic E-state index is -0.124. The summed E-state index contributed by atoms with van der Waals surface area (Å²) in [5.41, 5.74) is 0.561. The second-order valence-electron chi connectivity index (χ2n) is 3.84. The number of benzene rings is 1. The molecule has 0 bridgehead atoms. The first-order valence-corrected chi connectivity index (χ1v) is 6.96. The summed E-state index contributed by atoms with van der Waals surface area (Å²) < 4.78 is 10.6. The first-order chi connectivity index (χ1) is 9.29. The minimum absolute atomic E-state index is 0.124. The summed E-state index contributed by atoms with van der Waals surface area (Å²) in [7, 11) is 0. The van der Waals surface area contributed by atoms with E-state index in [2.05, 4.69) is 5.32 Å². The molecule has 0 saturated heterocycles. The van der Waals surface area contributed by atoms with E-state index in [1.807, 2.05) is 19.1 Å². The van der Waals surface area contributed by atoms with E-state index in [4.69, 9.17) is 21.1 Å². The number of rotatable bonds is 9. The molecule has 0 heterocycles. The van der Waals surface area contributed by atoms with Crippen LogP contribution in [0.15, 0.2) is 24.3 Å². The van der Waals surface area contributed by atoms with Gasteiger partial charge in [-0.25, -0.2) is 0 Å². The molecule has 106 valence electrons. The molecule has 1 aromatic rings. The van der Waals surface area contributed by atoms with Crippen LogP contribution in [-0.4, -0.2) is 38.2 Å². The third kappa shape index (κ3) is 5.94. The van der Waals surface area contributed by atoms with Gasteiger partial charge in [0.25, 0.3) is 5.91 Å². The molecule has 0 spiro atoms. The quantitative estimate of drug-likeness (QED) is 0.560. The van der Waals surface area contributed by atoms with Crippen LogP contribution >= 0.6 is 11.6 Å². The summed E-state index contributed by atoms with van der Waals surface area (Å²) in [4.78, 5) is 12.0. The maximum Gasteiger partial charge on any atom is 0.255 e. The molecule has 0 fully saturated rings. The van der Waals surface area contributed by atoms with Crippen LogP contribution in [0.1, 0.15) is 23.7 Å². The van der Waals surface area contributed by atoms with Gasteiger partial charge < -0.3 is 14.8 Å². The molecular weight excluding hydrogens is 266 g/mol. The van der Waals surface area contributed by atoms with Crippen LogP contribution in [0.25, 0.3) is 0 Å². The van der Waals surface area contributed by atoms with Crippen molar-refractivity contribution in [2.75, 3.05) is 32.2 Å². The van der Waals surface area contributed by atoms with Crippen LogP contribution in [0.4, 0.5) is 0 Å². The van der Waals surface area contributed by atoms with E-state index >= 15 is 0 Å². The van der Waals surface area contributed by atoms with Crippen LogP contribution in [0, 0.1) is 0 Å². The third-order valence-electron chi connectivity index (χ3n) is 2.40. The molecule has 0 aliphatic heterocycles. The Balaban J connectivity index is 2.36. The van der Waals surface area contributed by atoms with Crippen molar-refractivity contribution < 1.29 is 14.3 Å². The molecule has 1 N–H and O–H groups in total. The van der Waals surface area contributed by atoms with E-state index in [0.29, 0.717) is 43.6 Å². The Hall–Kier alpha value is -1.26. The van der Waals surface area contributed by atoms with Crippen molar-refractivity contribution >= 4 is 17.5 Å². The second-order valence-corrected chi connectivity index (χ2v) is 4.22. The van der Waals surface area contributed by atoms with Crippen LogP contribution < -0.4 is 10.1 Å². The molecule has 1 amide bonds. The zero-order valence-corrected chi connectivity index (χ0v) is 11.9. The molecule has 0 saturated carbocycles. The monoisotopic (exact) mass is 285 g/mol. The van der Waals surface area contributed by atoms with Crippen molar-refractivity contribution in [1.29, 1.82) is 0 Å². The lowest BCUT2D eigenvalue weighted by atomic mass is 10.2. The van der Waals surface area contributed by atoms with Gasteiger partial charge in [-0.1, -0.05) is 12.1 Å². The van der Waals surface area contributed by atoms with Gasteiger partial charge in [0, 0.05) is 19.0 Å². The van der Waals surface area contributed by atoms with Gasteiger partial charge in [-0.3, -0.25) is 4.79 Å². The molecular formula is C14H20ClNO3. The van der Waals surface area contributed by atoms with Gasteiger partial charge in [-0.2, -0.15) is 0 Å². The van der Waals surface area contributed by atoms with E-state index in [-0.39, 0.29) is 5.91 Å². The second kappa shape index (κ2) is 9.64. The van der Waals surface area contributed by atoms with Gasteiger partial charge in [0.2, 0.25) is 0 Å². The largest absolute Gasteiger partial charge is 0.493 e.